The number of hydrogen-bond donors (Lipinski definition) is 0. The summed E-state index contributed by atoms with van der Waals surface area (Å²) < 4.78 is 13.4. The van der Waals surface area contributed by atoms with E-state index < -0.39 is 0 Å². The van der Waals surface area contributed by atoms with Crippen LogP contribution in [0, 0.1) is 0 Å². The third-order valence-electron chi connectivity index (χ3n) is 11.1. The van der Waals surface area contributed by atoms with Crippen LogP contribution in [0.2, 0.25) is 0 Å². The second-order valence-corrected chi connectivity index (χ2v) is 14.4. The summed E-state index contributed by atoms with van der Waals surface area (Å²) in [5.74, 6) is 5.46. The van der Waals surface area contributed by atoms with Gasteiger partial charge in [-0.3, -0.25) is 9.98 Å². The van der Waals surface area contributed by atoms with E-state index in [-0.39, 0.29) is 6.71 Å². The first kappa shape index (κ1) is 31.7. The van der Waals surface area contributed by atoms with Crippen LogP contribution in [0.15, 0.2) is 174 Å². The number of anilines is 2. The molecule has 0 N–H and O–H groups in total. The minimum Gasteiger partial charge on any atom is -0.458 e. The van der Waals surface area contributed by atoms with Gasteiger partial charge in [-0.25, -0.2) is 0 Å². The van der Waals surface area contributed by atoms with Crippen molar-refractivity contribution in [2.75, 3.05) is 36.0 Å². The van der Waals surface area contributed by atoms with Crippen LogP contribution in [0.25, 0.3) is 22.3 Å². The Kier molecular flexibility index (Phi) is 7.44. The maximum Gasteiger partial charge on any atom is 0.260 e. The fourth-order valence-electron chi connectivity index (χ4n) is 8.56. The van der Waals surface area contributed by atoms with Crippen LogP contribution in [0.3, 0.4) is 0 Å². The molecular formula is C48H35BN4O2. The highest BCUT2D eigenvalue weighted by molar-refractivity contribution is 6.98. The smallest absolute Gasteiger partial charge is 0.260 e. The van der Waals surface area contributed by atoms with Crippen molar-refractivity contribution >= 4 is 46.1 Å². The summed E-state index contributed by atoms with van der Waals surface area (Å²) in [6.07, 6.45) is 0. The van der Waals surface area contributed by atoms with Gasteiger partial charge in [0.1, 0.15) is 34.7 Å². The molecule has 0 spiro atoms. The lowest BCUT2D eigenvalue weighted by Gasteiger charge is -2.33. The lowest BCUT2D eigenvalue weighted by molar-refractivity contribution is 0.464. The Bertz CT molecular complexity index is 2510. The summed E-state index contributed by atoms with van der Waals surface area (Å²) in [4.78, 5) is 14.3. The lowest BCUT2D eigenvalue weighted by atomic mass is 9.35. The van der Waals surface area contributed by atoms with Gasteiger partial charge in [0.25, 0.3) is 6.71 Å². The van der Waals surface area contributed by atoms with Crippen LogP contribution >= 0.6 is 0 Å². The monoisotopic (exact) mass is 710 g/mol. The molecule has 0 saturated heterocycles. The second-order valence-electron chi connectivity index (χ2n) is 14.4. The molecule has 0 bridgehead atoms. The molecule has 0 aromatic heterocycles. The Hall–Kier alpha value is -6.86. The summed E-state index contributed by atoms with van der Waals surface area (Å²) in [7, 11) is 0. The molecule has 7 aromatic rings. The van der Waals surface area contributed by atoms with E-state index in [1.807, 2.05) is 18.2 Å². The largest absolute Gasteiger partial charge is 0.458 e. The van der Waals surface area contributed by atoms with Gasteiger partial charge in [0.05, 0.1) is 13.1 Å². The van der Waals surface area contributed by atoms with E-state index in [0.29, 0.717) is 0 Å². The lowest BCUT2D eigenvalue weighted by Crippen LogP contribution is -2.57. The molecule has 262 valence electrons. The van der Waals surface area contributed by atoms with Crippen molar-refractivity contribution < 1.29 is 9.47 Å². The van der Waals surface area contributed by atoms with E-state index in [1.54, 1.807) is 0 Å². The molecule has 0 aliphatic carbocycles. The molecule has 0 fully saturated rings. The summed E-state index contributed by atoms with van der Waals surface area (Å²) in [5.41, 5.74) is 12.4. The van der Waals surface area contributed by atoms with Gasteiger partial charge in [0.2, 0.25) is 0 Å². The van der Waals surface area contributed by atoms with Gasteiger partial charge in [0.15, 0.2) is 0 Å². The molecule has 0 amide bonds. The van der Waals surface area contributed by atoms with Crippen LogP contribution < -0.4 is 35.7 Å². The van der Waals surface area contributed by atoms with Crippen molar-refractivity contribution in [1.82, 2.24) is 0 Å². The standard InChI is InChI=1S/C48H35BN4O2/c1-3-10-32(11-4-1)47-50-24-26-52(47)38-16-7-14-34(28-38)36-20-22-40-44(30-36)54-42-18-9-19-43-46(42)49(40)41-23-21-37(31-45(41)55-43)35-15-8-17-39(29-35)53-27-25-51-48(53)33-12-5-2-6-13-33/h1-23,28-31H,24-27H2. The highest BCUT2D eigenvalue weighted by Gasteiger charge is 2.40. The number of aliphatic imine (C=N–C) groups is 2. The molecule has 4 aliphatic heterocycles. The van der Waals surface area contributed by atoms with E-state index in [4.69, 9.17) is 19.5 Å². The average molecular weight is 711 g/mol. The molecule has 4 aliphatic rings. The third kappa shape index (κ3) is 5.42. The zero-order valence-corrected chi connectivity index (χ0v) is 30.1. The third-order valence-corrected chi connectivity index (χ3v) is 11.1. The van der Waals surface area contributed by atoms with E-state index in [1.165, 1.54) is 0 Å². The van der Waals surface area contributed by atoms with Crippen molar-refractivity contribution in [1.29, 1.82) is 0 Å². The highest BCUT2D eigenvalue weighted by Crippen LogP contribution is 2.38. The quantitative estimate of drug-likeness (QED) is 0.163. The van der Waals surface area contributed by atoms with Gasteiger partial charge in [-0.15, -0.1) is 0 Å². The Morgan fingerprint density at radius 2 is 0.836 bits per heavy atom. The first-order valence-electron chi connectivity index (χ1n) is 19.0. The number of benzene rings is 7. The van der Waals surface area contributed by atoms with Gasteiger partial charge in [-0.1, -0.05) is 115 Å². The SMILES string of the molecule is c1ccc(C2=NCCN2c2cccc(-c3ccc4c(c3)Oc3cccc5c3B4c3ccc(-c4cccc(N6CCN=C6c6ccccc6)c4)cc3O5)c2)cc1. The van der Waals surface area contributed by atoms with Crippen molar-refractivity contribution in [3.63, 3.8) is 0 Å². The summed E-state index contributed by atoms with van der Waals surface area (Å²) in [5, 5.41) is 0. The van der Waals surface area contributed by atoms with Crippen molar-refractivity contribution in [2.45, 2.75) is 0 Å². The number of nitrogens with zero attached hydrogens (tertiary/aromatic N) is 4. The summed E-state index contributed by atoms with van der Waals surface area (Å²) >= 11 is 0. The maximum absolute atomic E-state index is 6.68. The van der Waals surface area contributed by atoms with E-state index in [9.17, 15) is 0 Å². The molecule has 0 saturated carbocycles. The van der Waals surface area contributed by atoms with E-state index in [2.05, 4.69) is 155 Å². The fraction of sp³-hybridized carbons (Fsp3) is 0.0833. The summed E-state index contributed by atoms with van der Waals surface area (Å²) in [6, 6.07) is 57.8. The number of rotatable bonds is 6. The second kappa shape index (κ2) is 12.9. The number of fused-ring (bicyclic) bond motifs is 4. The fourth-order valence-corrected chi connectivity index (χ4v) is 8.56. The summed E-state index contributed by atoms with van der Waals surface area (Å²) in [6.45, 7) is 3.28. The maximum atomic E-state index is 6.68. The van der Waals surface area contributed by atoms with Gasteiger partial charge >= 0.3 is 0 Å². The molecular weight excluding hydrogens is 675 g/mol. The topological polar surface area (TPSA) is 49.7 Å². The van der Waals surface area contributed by atoms with Crippen LogP contribution in [0.4, 0.5) is 11.4 Å². The Morgan fingerprint density at radius 3 is 1.33 bits per heavy atom. The molecule has 11 rings (SSSR count). The predicted molar refractivity (Wildman–Crippen MR) is 225 cm³/mol. The zero-order chi connectivity index (χ0) is 36.3. The van der Waals surface area contributed by atoms with Gasteiger partial charge in [-0.05, 0) is 81.7 Å². The molecule has 7 heteroatoms. The minimum absolute atomic E-state index is 0.0112. The Labute approximate surface area is 320 Å². The molecule has 6 nitrogen and oxygen atoms in total. The first-order valence-corrected chi connectivity index (χ1v) is 19.0. The van der Waals surface area contributed by atoms with Gasteiger partial charge in [-0.2, -0.15) is 0 Å². The molecule has 0 atom stereocenters. The predicted octanol–water partition coefficient (Wildman–Crippen LogP) is 8.28. The van der Waals surface area contributed by atoms with Crippen LogP contribution in [-0.4, -0.2) is 44.6 Å². The number of ether oxygens (including phenoxy) is 2. The van der Waals surface area contributed by atoms with E-state index in [0.717, 1.165) is 122 Å². The highest BCUT2D eigenvalue weighted by atomic mass is 16.5. The van der Waals surface area contributed by atoms with Crippen molar-refractivity contribution in [3.8, 4) is 45.3 Å². The Balaban J connectivity index is 0.924. The van der Waals surface area contributed by atoms with Crippen LogP contribution in [-0.2, 0) is 0 Å². The molecule has 4 heterocycles. The molecule has 7 aromatic carbocycles. The van der Waals surface area contributed by atoms with Crippen molar-refractivity contribution in [2.24, 2.45) is 9.98 Å². The van der Waals surface area contributed by atoms with Crippen molar-refractivity contribution in [3.05, 3.63) is 175 Å². The minimum atomic E-state index is -0.0112. The molecule has 55 heavy (non-hydrogen) atoms. The van der Waals surface area contributed by atoms with Crippen LogP contribution in [0.1, 0.15) is 11.1 Å². The van der Waals surface area contributed by atoms with Gasteiger partial charge in [0, 0.05) is 41.1 Å². The normalized spacial score (nSPS) is 15.0. The molecule has 0 radical (unpaired) electrons. The van der Waals surface area contributed by atoms with E-state index >= 15 is 0 Å². The zero-order valence-electron chi connectivity index (χ0n) is 30.1. The van der Waals surface area contributed by atoms with Gasteiger partial charge < -0.3 is 19.3 Å². The first-order chi connectivity index (χ1) is 27.2. The number of hydrogen-bond acceptors (Lipinski definition) is 6. The molecule has 0 unspecified atom stereocenters. The Morgan fingerprint density at radius 1 is 0.400 bits per heavy atom. The average Bonchev–Trinajstić information content (AvgIpc) is 3.96. The number of amidine groups is 2. The van der Waals surface area contributed by atoms with Crippen LogP contribution in [0.5, 0.6) is 23.0 Å².